The summed E-state index contributed by atoms with van der Waals surface area (Å²) in [6.45, 7) is 0. The van der Waals surface area contributed by atoms with Crippen molar-refractivity contribution in [3.63, 3.8) is 0 Å². The van der Waals surface area contributed by atoms with Crippen molar-refractivity contribution in [2.24, 2.45) is 0 Å². The van der Waals surface area contributed by atoms with E-state index in [-0.39, 0.29) is 0 Å². The maximum absolute atomic E-state index is 2.37. The summed E-state index contributed by atoms with van der Waals surface area (Å²) in [6.07, 6.45) is 0. The van der Waals surface area contributed by atoms with Gasteiger partial charge in [-0.3, -0.25) is 0 Å². The molecule has 0 amide bonds. The molecule has 1 nitrogen and oxygen atoms in total. The third kappa shape index (κ3) is 6.73. The molecule has 0 saturated carbocycles. The van der Waals surface area contributed by atoms with Crippen LogP contribution in [0.2, 0.25) is 0 Å². The van der Waals surface area contributed by atoms with E-state index in [0.29, 0.717) is 0 Å². The third-order valence-corrected chi connectivity index (χ3v) is 12.8. The lowest BCUT2D eigenvalue weighted by Crippen LogP contribution is -2.10. The van der Waals surface area contributed by atoms with Gasteiger partial charge in [0.05, 0.1) is 0 Å². The van der Waals surface area contributed by atoms with Crippen LogP contribution in [0.4, 0.5) is 17.1 Å². The van der Waals surface area contributed by atoms with Crippen molar-refractivity contribution in [3.05, 3.63) is 237 Å². The minimum Gasteiger partial charge on any atom is -0.310 e. The molecule has 1 aromatic heterocycles. The van der Waals surface area contributed by atoms with E-state index in [1.54, 1.807) is 0 Å². The standard InChI is InChI=1S/C58H39NS/c1-2-11-40(12-3-1)41-23-25-42(26-24-41)43-27-32-50(33-28-43)59(51-34-29-44(30-35-51)48-31-36-56-55-20-6-7-22-57(55)60-58(56)39-48)52-18-9-16-47(38-52)46-15-8-17-49(37-46)54-21-10-14-45-13-4-5-19-53(45)54/h1-39H. The maximum Gasteiger partial charge on any atom is 0.0467 e. The van der Waals surface area contributed by atoms with Crippen LogP contribution in [-0.4, -0.2) is 0 Å². The van der Waals surface area contributed by atoms with Gasteiger partial charge < -0.3 is 4.90 Å². The fourth-order valence-corrected chi connectivity index (χ4v) is 9.76. The molecule has 2 heteroatoms. The Morgan fingerprint density at radius 1 is 0.250 bits per heavy atom. The Hall–Kier alpha value is -7.52. The highest BCUT2D eigenvalue weighted by Gasteiger charge is 2.16. The summed E-state index contributed by atoms with van der Waals surface area (Å²) in [5.74, 6) is 0. The predicted octanol–water partition coefficient (Wildman–Crippen LogP) is 17.0. The zero-order valence-electron chi connectivity index (χ0n) is 32.9. The number of rotatable bonds is 8. The molecule has 0 aliphatic rings. The average molecular weight is 782 g/mol. The van der Waals surface area contributed by atoms with Crippen LogP contribution >= 0.6 is 11.3 Å². The first-order valence-electron chi connectivity index (χ1n) is 20.5. The lowest BCUT2D eigenvalue weighted by Gasteiger charge is -2.26. The summed E-state index contributed by atoms with van der Waals surface area (Å²) in [7, 11) is 0. The topological polar surface area (TPSA) is 3.24 Å². The Kier molecular flexibility index (Phi) is 9.11. The van der Waals surface area contributed by atoms with Gasteiger partial charge in [0.25, 0.3) is 0 Å². The number of fused-ring (bicyclic) bond motifs is 4. The van der Waals surface area contributed by atoms with Crippen LogP contribution in [0.15, 0.2) is 237 Å². The molecule has 0 fully saturated rings. The highest BCUT2D eigenvalue weighted by molar-refractivity contribution is 7.25. The molecule has 11 rings (SSSR count). The molecule has 0 saturated heterocycles. The number of benzene rings is 10. The summed E-state index contributed by atoms with van der Waals surface area (Å²) in [4.78, 5) is 2.37. The lowest BCUT2D eigenvalue weighted by atomic mass is 9.95. The van der Waals surface area contributed by atoms with E-state index in [2.05, 4.69) is 241 Å². The predicted molar refractivity (Wildman–Crippen MR) is 259 cm³/mol. The molecule has 282 valence electrons. The summed E-state index contributed by atoms with van der Waals surface area (Å²) in [6, 6.07) is 86.1. The highest BCUT2D eigenvalue weighted by Crippen LogP contribution is 2.41. The molecular formula is C58H39NS. The fraction of sp³-hybridized carbons (Fsp3) is 0. The minimum absolute atomic E-state index is 1.10. The molecule has 0 spiro atoms. The second-order valence-electron chi connectivity index (χ2n) is 15.3. The molecule has 1 heterocycles. The molecule has 0 aliphatic carbocycles. The van der Waals surface area contributed by atoms with Crippen molar-refractivity contribution in [2.75, 3.05) is 4.90 Å². The van der Waals surface area contributed by atoms with E-state index in [1.807, 2.05) is 11.3 Å². The number of hydrogen-bond donors (Lipinski definition) is 0. The normalized spacial score (nSPS) is 11.3. The van der Waals surface area contributed by atoms with Crippen LogP contribution in [0.25, 0.3) is 86.6 Å². The molecule has 0 aliphatic heterocycles. The molecule has 0 atom stereocenters. The Balaban J connectivity index is 0.964. The Bertz CT molecular complexity index is 3280. The molecule has 0 N–H and O–H groups in total. The number of nitrogens with zero attached hydrogens (tertiary/aromatic N) is 1. The van der Waals surface area contributed by atoms with Gasteiger partial charge in [-0.2, -0.15) is 0 Å². The van der Waals surface area contributed by atoms with Crippen molar-refractivity contribution in [1.29, 1.82) is 0 Å². The first kappa shape index (κ1) is 35.6. The molecular weight excluding hydrogens is 743 g/mol. The summed E-state index contributed by atoms with van der Waals surface area (Å²) in [5, 5.41) is 5.16. The quantitative estimate of drug-likeness (QED) is 0.148. The van der Waals surface area contributed by atoms with Gasteiger partial charge in [-0.15, -0.1) is 11.3 Å². The van der Waals surface area contributed by atoms with Gasteiger partial charge in [0.2, 0.25) is 0 Å². The van der Waals surface area contributed by atoms with Crippen LogP contribution in [0.5, 0.6) is 0 Å². The van der Waals surface area contributed by atoms with Crippen LogP contribution in [0, 0.1) is 0 Å². The number of hydrogen-bond acceptors (Lipinski definition) is 2. The zero-order valence-corrected chi connectivity index (χ0v) is 33.7. The molecule has 0 radical (unpaired) electrons. The SMILES string of the molecule is c1ccc(-c2ccc(-c3ccc(N(c4ccc(-c5ccc6c(c5)sc5ccccc56)cc4)c4cccc(-c5cccc(-c6cccc7ccccc67)c5)c4)cc3)cc2)cc1. The highest BCUT2D eigenvalue weighted by atomic mass is 32.1. The van der Waals surface area contributed by atoms with E-state index in [9.17, 15) is 0 Å². The van der Waals surface area contributed by atoms with Gasteiger partial charge in [-0.05, 0) is 121 Å². The van der Waals surface area contributed by atoms with E-state index in [0.717, 1.165) is 17.1 Å². The average Bonchev–Trinajstić information content (AvgIpc) is 3.70. The third-order valence-electron chi connectivity index (χ3n) is 11.7. The number of anilines is 3. The second kappa shape index (κ2) is 15.3. The maximum atomic E-state index is 2.37. The lowest BCUT2D eigenvalue weighted by molar-refractivity contribution is 1.28. The van der Waals surface area contributed by atoms with E-state index in [1.165, 1.54) is 86.6 Å². The largest absolute Gasteiger partial charge is 0.310 e. The van der Waals surface area contributed by atoms with Crippen molar-refractivity contribution < 1.29 is 0 Å². The van der Waals surface area contributed by atoms with Crippen molar-refractivity contribution in [1.82, 2.24) is 0 Å². The van der Waals surface area contributed by atoms with Crippen LogP contribution < -0.4 is 4.90 Å². The zero-order chi connectivity index (χ0) is 39.8. The monoisotopic (exact) mass is 781 g/mol. The second-order valence-corrected chi connectivity index (χ2v) is 16.4. The first-order chi connectivity index (χ1) is 29.7. The van der Waals surface area contributed by atoms with Crippen LogP contribution in [-0.2, 0) is 0 Å². The summed E-state index contributed by atoms with van der Waals surface area (Å²) in [5.41, 5.74) is 15.4. The van der Waals surface area contributed by atoms with Crippen LogP contribution in [0.1, 0.15) is 0 Å². The molecule has 10 aromatic carbocycles. The number of thiophene rings is 1. The molecule has 60 heavy (non-hydrogen) atoms. The smallest absolute Gasteiger partial charge is 0.0467 e. The van der Waals surface area contributed by atoms with Gasteiger partial charge in [0.1, 0.15) is 0 Å². The van der Waals surface area contributed by atoms with Crippen molar-refractivity contribution in [2.45, 2.75) is 0 Å². The first-order valence-corrected chi connectivity index (χ1v) is 21.3. The van der Waals surface area contributed by atoms with E-state index < -0.39 is 0 Å². The molecule has 0 unspecified atom stereocenters. The van der Waals surface area contributed by atoms with Crippen molar-refractivity contribution in [3.8, 4) is 55.6 Å². The van der Waals surface area contributed by atoms with Gasteiger partial charge in [-0.25, -0.2) is 0 Å². The van der Waals surface area contributed by atoms with E-state index in [4.69, 9.17) is 0 Å². The summed E-state index contributed by atoms with van der Waals surface area (Å²) < 4.78 is 2.64. The Labute approximate surface area is 354 Å². The van der Waals surface area contributed by atoms with Gasteiger partial charge in [-0.1, -0.05) is 182 Å². The Morgan fingerprint density at radius 2 is 0.717 bits per heavy atom. The molecule has 0 bridgehead atoms. The van der Waals surface area contributed by atoms with Crippen LogP contribution in [0.3, 0.4) is 0 Å². The van der Waals surface area contributed by atoms with E-state index >= 15 is 0 Å². The fourth-order valence-electron chi connectivity index (χ4n) is 8.61. The molecule has 11 aromatic rings. The summed E-state index contributed by atoms with van der Waals surface area (Å²) >= 11 is 1.86. The Morgan fingerprint density at radius 3 is 1.45 bits per heavy atom. The van der Waals surface area contributed by atoms with Crippen molar-refractivity contribution >= 4 is 59.3 Å². The van der Waals surface area contributed by atoms with Gasteiger partial charge >= 0.3 is 0 Å². The van der Waals surface area contributed by atoms with Gasteiger partial charge in [0, 0.05) is 37.2 Å². The minimum atomic E-state index is 1.10. The van der Waals surface area contributed by atoms with Gasteiger partial charge in [0.15, 0.2) is 0 Å².